The molecule has 0 radical (unpaired) electrons. The van der Waals surface area contributed by atoms with Crippen LogP contribution in [-0.4, -0.2) is 21.6 Å². The summed E-state index contributed by atoms with van der Waals surface area (Å²) in [6, 6.07) is 5.70. The number of nitrogens with one attached hydrogen (secondary N) is 1. The molecule has 0 bridgehead atoms. The maximum atomic E-state index is 12.1. The smallest absolute Gasteiger partial charge is 0.251 e. The number of carbonyl (C=O) groups excluding carboxylic acids is 2. The molecule has 0 saturated carbocycles. The summed E-state index contributed by atoms with van der Waals surface area (Å²) in [5, 5.41) is 8.10. The highest BCUT2D eigenvalue weighted by Gasteiger charge is 2.30. The normalized spacial score (nSPS) is 19.3. The molecule has 1 saturated heterocycles. The number of rotatable bonds is 2. The lowest BCUT2D eigenvalue weighted by molar-refractivity contribution is -0.135. The minimum atomic E-state index is -0.402. The van der Waals surface area contributed by atoms with Crippen LogP contribution in [0.3, 0.4) is 0 Å². The Bertz CT molecular complexity index is 730. The zero-order valence-electron chi connectivity index (χ0n) is 12.5. The van der Waals surface area contributed by atoms with Gasteiger partial charge >= 0.3 is 0 Å². The third kappa shape index (κ3) is 2.22. The molecule has 1 fully saturated rings. The number of piperidine rings is 1. The summed E-state index contributed by atoms with van der Waals surface area (Å²) in [6.07, 6.45) is 0.869. The third-order valence-electron chi connectivity index (χ3n) is 4.07. The Morgan fingerprint density at radius 1 is 1.33 bits per heavy atom. The summed E-state index contributed by atoms with van der Waals surface area (Å²) in [4.78, 5) is 23.4. The van der Waals surface area contributed by atoms with Gasteiger partial charge in [-0.2, -0.15) is 5.10 Å². The van der Waals surface area contributed by atoms with Crippen LogP contribution in [0.15, 0.2) is 18.2 Å². The summed E-state index contributed by atoms with van der Waals surface area (Å²) in [5.74, 6) is -0.0651. The van der Waals surface area contributed by atoms with E-state index in [4.69, 9.17) is 0 Å². The number of nitrogens with zero attached hydrogens (tertiary/aromatic N) is 2. The van der Waals surface area contributed by atoms with Gasteiger partial charge in [-0.1, -0.05) is 26.0 Å². The zero-order valence-corrected chi connectivity index (χ0v) is 12.5. The van der Waals surface area contributed by atoms with Crippen LogP contribution in [0.1, 0.15) is 49.9 Å². The number of amides is 2. The fraction of sp³-hybridized carbons (Fsp3) is 0.438. The van der Waals surface area contributed by atoms with Gasteiger partial charge in [-0.05, 0) is 30.9 Å². The predicted octanol–water partition coefficient (Wildman–Crippen LogP) is 2.45. The molecule has 2 heterocycles. The van der Waals surface area contributed by atoms with Crippen molar-refractivity contribution in [3.63, 3.8) is 0 Å². The van der Waals surface area contributed by atoms with Gasteiger partial charge in [-0.3, -0.25) is 19.6 Å². The first-order valence-electron chi connectivity index (χ1n) is 7.30. The molecule has 5 nitrogen and oxygen atoms in total. The van der Waals surface area contributed by atoms with Crippen molar-refractivity contribution in [2.24, 2.45) is 0 Å². The molecule has 1 aliphatic heterocycles. The molecule has 21 heavy (non-hydrogen) atoms. The molecule has 3 rings (SSSR count). The maximum absolute atomic E-state index is 12.1. The van der Waals surface area contributed by atoms with E-state index in [0.717, 1.165) is 16.6 Å². The van der Waals surface area contributed by atoms with Crippen molar-refractivity contribution in [1.82, 2.24) is 15.1 Å². The molecule has 1 aliphatic rings. The van der Waals surface area contributed by atoms with Gasteiger partial charge in [-0.15, -0.1) is 0 Å². The number of aryl methyl sites for hydroxylation is 1. The van der Waals surface area contributed by atoms with E-state index in [-0.39, 0.29) is 11.8 Å². The van der Waals surface area contributed by atoms with E-state index in [1.165, 1.54) is 5.56 Å². The second-order valence-electron chi connectivity index (χ2n) is 5.89. The first-order valence-corrected chi connectivity index (χ1v) is 7.30. The highest BCUT2D eigenvalue weighted by Crippen LogP contribution is 2.31. The second-order valence-corrected chi connectivity index (χ2v) is 5.89. The largest absolute Gasteiger partial charge is 0.295 e. The van der Waals surface area contributed by atoms with Crippen LogP contribution in [0.2, 0.25) is 0 Å². The Morgan fingerprint density at radius 2 is 2.10 bits per heavy atom. The molecule has 1 aromatic carbocycles. The Morgan fingerprint density at radius 3 is 2.76 bits per heavy atom. The zero-order chi connectivity index (χ0) is 15.1. The Hall–Kier alpha value is -2.17. The van der Waals surface area contributed by atoms with Crippen LogP contribution >= 0.6 is 0 Å². The van der Waals surface area contributed by atoms with E-state index in [1.54, 1.807) is 4.68 Å². The number of hydrogen-bond acceptors (Lipinski definition) is 3. The van der Waals surface area contributed by atoms with Crippen LogP contribution in [-0.2, 0) is 9.59 Å². The van der Waals surface area contributed by atoms with E-state index < -0.39 is 6.04 Å². The molecule has 110 valence electrons. The lowest BCUT2D eigenvalue weighted by Crippen LogP contribution is -2.42. The fourth-order valence-electron chi connectivity index (χ4n) is 3.04. The third-order valence-corrected chi connectivity index (χ3v) is 4.07. The molecule has 1 aromatic heterocycles. The fourth-order valence-corrected chi connectivity index (χ4v) is 3.04. The number of imide groups is 1. The number of fused-ring (bicyclic) bond motifs is 1. The number of hydrogen-bond donors (Lipinski definition) is 1. The van der Waals surface area contributed by atoms with Gasteiger partial charge in [0.15, 0.2) is 0 Å². The maximum Gasteiger partial charge on any atom is 0.251 e. The van der Waals surface area contributed by atoms with Crippen molar-refractivity contribution in [1.29, 1.82) is 0 Å². The van der Waals surface area contributed by atoms with Gasteiger partial charge in [0.2, 0.25) is 5.91 Å². The molecular weight excluding hydrogens is 266 g/mol. The van der Waals surface area contributed by atoms with Gasteiger partial charge in [-0.25, -0.2) is 0 Å². The molecule has 1 atom stereocenters. The minimum Gasteiger partial charge on any atom is -0.295 e. The van der Waals surface area contributed by atoms with Crippen molar-refractivity contribution >= 4 is 22.7 Å². The highest BCUT2D eigenvalue weighted by atomic mass is 16.2. The summed E-state index contributed by atoms with van der Waals surface area (Å²) in [6.45, 7) is 6.27. The van der Waals surface area contributed by atoms with Crippen LogP contribution < -0.4 is 5.32 Å². The standard InChI is InChI=1S/C16H19N3O2/c1-9(2)11-5-4-6-12-15(11)10(3)18-19(12)13-7-8-14(20)17-16(13)21/h4-6,9,13H,7-8H2,1-3H3,(H,17,20,21). The molecule has 1 unspecified atom stereocenters. The second kappa shape index (κ2) is 4.98. The van der Waals surface area contributed by atoms with Gasteiger partial charge in [0.1, 0.15) is 6.04 Å². The van der Waals surface area contributed by atoms with Crippen LogP contribution in [0.4, 0.5) is 0 Å². The molecule has 2 amide bonds. The van der Waals surface area contributed by atoms with Gasteiger partial charge in [0, 0.05) is 11.8 Å². The number of benzene rings is 1. The van der Waals surface area contributed by atoms with Crippen molar-refractivity contribution in [3.05, 3.63) is 29.5 Å². The predicted molar refractivity (Wildman–Crippen MR) is 80.0 cm³/mol. The summed E-state index contributed by atoms with van der Waals surface area (Å²) in [5.41, 5.74) is 3.13. The van der Waals surface area contributed by atoms with Crippen molar-refractivity contribution in [3.8, 4) is 0 Å². The van der Waals surface area contributed by atoms with Crippen molar-refractivity contribution in [2.75, 3.05) is 0 Å². The van der Waals surface area contributed by atoms with Gasteiger partial charge in [0.05, 0.1) is 11.2 Å². The molecular formula is C16H19N3O2. The Labute approximate surface area is 123 Å². The van der Waals surface area contributed by atoms with Crippen LogP contribution in [0, 0.1) is 6.92 Å². The van der Waals surface area contributed by atoms with Crippen LogP contribution in [0.5, 0.6) is 0 Å². The number of aromatic nitrogens is 2. The Balaban J connectivity index is 2.14. The van der Waals surface area contributed by atoms with E-state index >= 15 is 0 Å². The molecule has 2 aromatic rings. The van der Waals surface area contributed by atoms with Crippen molar-refractivity contribution < 1.29 is 9.59 Å². The van der Waals surface area contributed by atoms with Gasteiger partial charge < -0.3 is 0 Å². The monoisotopic (exact) mass is 285 g/mol. The first-order chi connectivity index (χ1) is 9.99. The highest BCUT2D eigenvalue weighted by molar-refractivity contribution is 6.00. The van der Waals surface area contributed by atoms with E-state index in [1.807, 2.05) is 19.1 Å². The van der Waals surface area contributed by atoms with E-state index in [2.05, 4.69) is 30.3 Å². The summed E-state index contributed by atoms with van der Waals surface area (Å²) >= 11 is 0. The van der Waals surface area contributed by atoms with E-state index in [0.29, 0.717) is 18.8 Å². The number of carbonyl (C=O) groups is 2. The first kappa shape index (κ1) is 13.8. The molecule has 5 heteroatoms. The van der Waals surface area contributed by atoms with E-state index in [9.17, 15) is 9.59 Å². The molecule has 0 aliphatic carbocycles. The lowest BCUT2D eigenvalue weighted by atomic mass is 9.97. The summed E-state index contributed by atoms with van der Waals surface area (Å²) in [7, 11) is 0. The Kier molecular flexibility index (Phi) is 3.27. The van der Waals surface area contributed by atoms with Gasteiger partial charge in [0.25, 0.3) is 5.91 Å². The van der Waals surface area contributed by atoms with Crippen molar-refractivity contribution in [2.45, 2.75) is 45.6 Å². The lowest BCUT2D eigenvalue weighted by Gasteiger charge is -2.21. The minimum absolute atomic E-state index is 0.202. The quantitative estimate of drug-likeness (QED) is 0.862. The SMILES string of the molecule is Cc1nn(C2CCC(=O)NC2=O)c2cccc(C(C)C)c12. The average molecular weight is 285 g/mol. The molecule has 1 N–H and O–H groups in total. The molecule has 0 spiro atoms. The average Bonchev–Trinajstić information content (AvgIpc) is 2.76. The topological polar surface area (TPSA) is 64.0 Å². The van der Waals surface area contributed by atoms with Crippen LogP contribution in [0.25, 0.3) is 10.9 Å². The summed E-state index contributed by atoms with van der Waals surface area (Å²) < 4.78 is 1.78.